The predicted molar refractivity (Wildman–Crippen MR) is 97.3 cm³/mol. The van der Waals surface area contributed by atoms with Crippen molar-refractivity contribution in [3.8, 4) is 5.69 Å². The van der Waals surface area contributed by atoms with Gasteiger partial charge in [0.2, 0.25) is 0 Å². The van der Waals surface area contributed by atoms with Crippen LogP contribution in [0.1, 0.15) is 19.3 Å². The molecule has 26 heavy (non-hydrogen) atoms. The number of hydrogen-bond acceptors (Lipinski definition) is 5. The highest BCUT2D eigenvalue weighted by Crippen LogP contribution is 2.40. The highest BCUT2D eigenvalue weighted by atomic mass is 16.5. The van der Waals surface area contributed by atoms with Crippen molar-refractivity contribution in [2.45, 2.75) is 25.4 Å². The van der Waals surface area contributed by atoms with Crippen LogP contribution in [0, 0.1) is 5.41 Å². The molecule has 2 aliphatic rings. The summed E-state index contributed by atoms with van der Waals surface area (Å²) in [6, 6.07) is 7.15. The van der Waals surface area contributed by atoms with Crippen molar-refractivity contribution in [3.63, 3.8) is 0 Å². The maximum atomic E-state index is 12.1. The van der Waals surface area contributed by atoms with Gasteiger partial charge in [-0.1, -0.05) is 0 Å². The number of amides is 2. The Labute approximate surface area is 152 Å². The van der Waals surface area contributed by atoms with Crippen molar-refractivity contribution in [3.05, 3.63) is 36.7 Å². The Hall–Kier alpha value is -2.45. The smallest absolute Gasteiger partial charge is 0.319 e. The first kappa shape index (κ1) is 17.0. The summed E-state index contributed by atoms with van der Waals surface area (Å²) in [7, 11) is 0. The van der Waals surface area contributed by atoms with Gasteiger partial charge >= 0.3 is 6.03 Å². The van der Waals surface area contributed by atoms with Gasteiger partial charge in [-0.2, -0.15) is 15.0 Å². The molecule has 8 nitrogen and oxygen atoms in total. The molecule has 0 radical (unpaired) electrons. The second kappa shape index (κ2) is 7.43. The zero-order valence-electron chi connectivity index (χ0n) is 14.6. The Bertz CT molecular complexity index is 725. The van der Waals surface area contributed by atoms with Gasteiger partial charge in [-0.15, -0.1) is 0 Å². The lowest BCUT2D eigenvalue weighted by Gasteiger charge is -2.32. The van der Waals surface area contributed by atoms with Gasteiger partial charge in [0.1, 0.15) is 0 Å². The Morgan fingerprint density at radius 2 is 1.96 bits per heavy atom. The molecule has 3 N–H and O–H groups in total. The van der Waals surface area contributed by atoms with E-state index >= 15 is 0 Å². The van der Waals surface area contributed by atoms with E-state index in [4.69, 9.17) is 4.74 Å². The van der Waals surface area contributed by atoms with Crippen molar-refractivity contribution in [2.24, 2.45) is 5.41 Å². The Morgan fingerprint density at radius 3 is 2.69 bits per heavy atom. The highest BCUT2D eigenvalue weighted by molar-refractivity contribution is 5.89. The number of carbonyl (C=O) groups is 1. The van der Waals surface area contributed by atoms with Crippen LogP contribution < -0.4 is 16.0 Å². The quantitative estimate of drug-likeness (QED) is 0.773. The van der Waals surface area contributed by atoms with Crippen molar-refractivity contribution in [1.29, 1.82) is 0 Å². The summed E-state index contributed by atoms with van der Waals surface area (Å²) in [5, 5.41) is 17.3. The monoisotopic (exact) mass is 356 g/mol. The molecule has 2 aliphatic heterocycles. The van der Waals surface area contributed by atoms with Crippen molar-refractivity contribution in [1.82, 2.24) is 25.6 Å². The van der Waals surface area contributed by atoms with Crippen LogP contribution in [0.3, 0.4) is 0 Å². The summed E-state index contributed by atoms with van der Waals surface area (Å²) in [6.45, 7) is 3.48. The molecule has 1 spiro atoms. The SMILES string of the molecule is O=C(NCC1CC2(CCNCC2)CO1)Nc1ccc(-n2nccn2)cc1. The first-order valence-electron chi connectivity index (χ1n) is 9.06. The van der Waals surface area contributed by atoms with E-state index in [9.17, 15) is 4.79 Å². The molecule has 2 aromatic rings. The molecule has 2 fully saturated rings. The average molecular weight is 356 g/mol. The summed E-state index contributed by atoms with van der Waals surface area (Å²) in [5.74, 6) is 0. The second-order valence-electron chi connectivity index (χ2n) is 7.09. The number of ether oxygens (including phenoxy) is 1. The topological polar surface area (TPSA) is 93.1 Å². The van der Waals surface area contributed by atoms with E-state index in [1.807, 2.05) is 24.3 Å². The Balaban J connectivity index is 1.24. The maximum Gasteiger partial charge on any atom is 0.319 e. The lowest BCUT2D eigenvalue weighted by atomic mass is 9.77. The molecule has 1 aromatic carbocycles. The minimum atomic E-state index is -0.218. The molecule has 1 atom stereocenters. The van der Waals surface area contributed by atoms with Crippen LogP contribution in [0.4, 0.5) is 10.5 Å². The number of carbonyl (C=O) groups excluding carboxylic acids is 1. The highest BCUT2D eigenvalue weighted by Gasteiger charge is 2.40. The second-order valence-corrected chi connectivity index (χ2v) is 7.09. The van der Waals surface area contributed by atoms with Crippen LogP contribution in [0.2, 0.25) is 0 Å². The van der Waals surface area contributed by atoms with Crippen LogP contribution in [0.5, 0.6) is 0 Å². The van der Waals surface area contributed by atoms with Gasteiger partial charge in [-0.05, 0) is 62.0 Å². The first-order chi connectivity index (χ1) is 12.7. The molecule has 3 heterocycles. The van der Waals surface area contributed by atoms with Gasteiger partial charge in [0, 0.05) is 12.2 Å². The number of nitrogens with one attached hydrogen (secondary N) is 3. The van der Waals surface area contributed by atoms with Gasteiger partial charge in [0.25, 0.3) is 0 Å². The molecular weight excluding hydrogens is 332 g/mol. The fourth-order valence-electron chi connectivity index (χ4n) is 3.74. The summed E-state index contributed by atoms with van der Waals surface area (Å²) >= 11 is 0. The van der Waals surface area contributed by atoms with E-state index in [0.717, 1.165) is 50.3 Å². The number of urea groups is 1. The molecule has 8 heteroatoms. The number of aromatic nitrogens is 3. The van der Waals surface area contributed by atoms with Crippen LogP contribution in [-0.4, -0.2) is 53.4 Å². The lowest BCUT2D eigenvalue weighted by molar-refractivity contribution is 0.0874. The normalized spacial score (nSPS) is 21.6. The minimum Gasteiger partial charge on any atom is -0.376 e. The molecule has 0 aliphatic carbocycles. The fourth-order valence-corrected chi connectivity index (χ4v) is 3.74. The van der Waals surface area contributed by atoms with Gasteiger partial charge in [-0.3, -0.25) is 0 Å². The summed E-state index contributed by atoms with van der Waals surface area (Å²) in [5.41, 5.74) is 1.87. The lowest BCUT2D eigenvalue weighted by Crippen LogP contribution is -2.38. The number of hydrogen-bond donors (Lipinski definition) is 3. The predicted octanol–water partition coefficient (Wildman–Crippen LogP) is 1.55. The molecule has 2 amide bonds. The molecule has 0 saturated carbocycles. The molecule has 0 bridgehead atoms. The molecule has 1 aromatic heterocycles. The van der Waals surface area contributed by atoms with Gasteiger partial charge in [0.15, 0.2) is 0 Å². The van der Waals surface area contributed by atoms with E-state index in [2.05, 4.69) is 26.1 Å². The van der Waals surface area contributed by atoms with Crippen molar-refractivity contribution >= 4 is 11.7 Å². The van der Waals surface area contributed by atoms with Crippen molar-refractivity contribution < 1.29 is 9.53 Å². The average Bonchev–Trinajstić information content (AvgIpc) is 3.32. The molecular formula is C18H24N6O2. The van der Waals surface area contributed by atoms with Crippen molar-refractivity contribution in [2.75, 3.05) is 31.6 Å². The van der Waals surface area contributed by atoms with Gasteiger partial charge < -0.3 is 20.7 Å². The third kappa shape index (κ3) is 3.86. The summed E-state index contributed by atoms with van der Waals surface area (Å²) < 4.78 is 5.92. The molecule has 1 unspecified atom stereocenters. The fraction of sp³-hybridized carbons (Fsp3) is 0.500. The minimum absolute atomic E-state index is 0.104. The Morgan fingerprint density at radius 1 is 1.23 bits per heavy atom. The van der Waals surface area contributed by atoms with Crippen LogP contribution in [-0.2, 0) is 4.74 Å². The maximum absolute atomic E-state index is 12.1. The van der Waals surface area contributed by atoms with E-state index in [1.54, 1.807) is 12.4 Å². The number of piperidine rings is 1. The van der Waals surface area contributed by atoms with E-state index in [-0.39, 0.29) is 12.1 Å². The number of nitrogens with zero attached hydrogens (tertiary/aromatic N) is 3. The van der Waals surface area contributed by atoms with E-state index in [0.29, 0.717) is 12.0 Å². The van der Waals surface area contributed by atoms with Crippen LogP contribution in [0.15, 0.2) is 36.7 Å². The summed E-state index contributed by atoms with van der Waals surface area (Å²) in [6.07, 6.45) is 6.70. The van der Waals surface area contributed by atoms with Gasteiger partial charge in [-0.25, -0.2) is 4.79 Å². The van der Waals surface area contributed by atoms with Gasteiger partial charge in [0.05, 0.1) is 30.8 Å². The van der Waals surface area contributed by atoms with E-state index in [1.165, 1.54) is 4.80 Å². The zero-order valence-corrected chi connectivity index (χ0v) is 14.6. The first-order valence-corrected chi connectivity index (χ1v) is 9.06. The molecule has 4 rings (SSSR count). The van der Waals surface area contributed by atoms with Crippen LogP contribution in [0.25, 0.3) is 5.69 Å². The molecule has 138 valence electrons. The number of rotatable bonds is 4. The number of anilines is 1. The number of benzene rings is 1. The third-order valence-electron chi connectivity index (χ3n) is 5.22. The largest absolute Gasteiger partial charge is 0.376 e. The van der Waals surface area contributed by atoms with E-state index < -0.39 is 0 Å². The molecule has 2 saturated heterocycles. The zero-order chi connectivity index (χ0) is 17.8. The standard InChI is InChI=1S/C18H24N6O2/c25-17(20-12-16-11-18(13-26-16)5-7-19-8-6-18)23-14-1-3-15(4-2-14)24-21-9-10-22-24/h1-4,9-10,16,19H,5-8,11-13H2,(H2,20,23,25). The Kier molecular flexibility index (Phi) is 4.85. The third-order valence-corrected chi connectivity index (χ3v) is 5.22. The summed E-state index contributed by atoms with van der Waals surface area (Å²) in [4.78, 5) is 13.7. The van der Waals surface area contributed by atoms with Crippen LogP contribution >= 0.6 is 0 Å².